The predicted octanol–water partition coefficient (Wildman–Crippen LogP) is 2.80. The van der Waals surface area contributed by atoms with Crippen LogP contribution < -0.4 is 9.46 Å². The van der Waals surface area contributed by atoms with Crippen LogP contribution in [0, 0.1) is 5.92 Å². The molecule has 24 heavy (non-hydrogen) atoms. The maximum Gasteiger partial charge on any atom is 0.573 e. The molecule has 0 saturated heterocycles. The van der Waals surface area contributed by atoms with Gasteiger partial charge in [-0.1, -0.05) is 19.3 Å². The van der Waals surface area contributed by atoms with E-state index in [2.05, 4.69) is 9.46 Å². The zero-order valence-electron chi connectivity index (χ0n) is 12.9. The Kier molecular flexibility index (Phi) is 6.11. The summed E-state index contributed by atoms with van der Waals surface area (Å²) in [5.41, 5.74) is 0. The van der Waals surface area contributed by atoms with Crippen LogP contribution >= 0.6 is 0 Å². The highest BCUT2D eigenvalue weighted by Gasteiger charge is 2.31. The summed E-state index contributed by atoms with van der Waals surface area (Å²) in [6.45, 7) is -0.117. The van der Waals surface area contributed by atoms with Gasteiger partial charge in [0.2, 0.25) is 10.0 Å². The number of aliphatic hydroxyl groups excluding tert-OH is 1. The fraction of sp³-hybridized carbons (Fsp3) is 0.600. The van der Waals surface area contributed by atoms with E-state index in [-0.39, 0.29) is 17.4 Å². The maximum absolute atomic E-state index is 12.1. The van der Waals surface area contributed by atoms with E-state index < -0.39 is 28.2 Å². The topological polar surface area (TPSA) is 75.6 Å². The molecule has 0 radical (unpaired) electrons. The molecule has 2 N–H and O–H groups in total. The molecule has 0 aliphatic heterocycles. The number of benzene rings is 1. The normalized spacial score (nSPS) is 18.3. The summed E-state index contributed by atoms with van der Waals surface area (Å²) in [6, 6.07) is 3.91. The largest absolute Gasteiger partial charge is 0.573 e. The van der Waals surface area contributed by atoms with Crippen LogP contribution in [0.5, 0.6) is 5.75 Å². The third-order valence-corrected chi connectivity index (χ3v) is 5.48. The van der Waals surface area contributed by atoms with E-state index in [4.69, 9.17) is 0 Å². The minimum Gasteiger partial charge on any atom is -0.406 e. The second-order valence-corrected chi connectivity index (χ2v) is 7.60. The lowest BCUT2D eigenvalue weighted by Gasteiger charge is -2.26. The van der Waals surface area contributed by atoms with Gasteiger partial charge < -0.3 is 9.84 Å². The van der Waals surface area contributed by atoms with E-state index in [9.17, 15) is 26.7 Å². The first kappa shape index (κ1) is 19.0. The molecule has 5 nitrogen and oxygen atoms in total. The number of ether oxygens (including phenoxy) is 1. The minimum atomic E-state index is -4.83. The Morgan fingerprint density at radius 1 is 1.17 bits per heavy atom. The number of halogens is 3. The standard InChI is InChI=1S/C15H20F3NO4S/c16-15(17,18)23-12-6-8-13(9-7-12)24(21,22)19-10-14(20)11-4-2-1-3-5-11/h6-9,11,14,19-20H,1-5,10H2/t14-/m0/s1. The lowest BCUT2D eigenvalue weighted by molar-refractivity contribution is -0.274. The fourth-order valence-corrected chi connectivity index (χ4v) is 3.84. The average Bonchev–Trinajstić information content (AvgIpc) is 2.52. The molecule has 2 rings (SSSR count). The summed E-state index contributed by atoms with van der Waals surface area (Å²) < 4.78 is 66.5. The summed E-state index contributed by atoms with van der Waals surface area (Å²) in [5.74, 6) is -0.423. The van der Waals surface area contributed by atoms with Gasteiger partial charge in [-0.3, -0.25) is 0 Å². The van der Waals surface area contributed by atoms with Crippen molar-refractivity contribution in [1.29, 1.82) is 0 Å². The smallest absolute Gasteiger partial charge is 0.406 e. The fourth-order valence-electron chi connectivity index (χ4n) is 2.78. The highest BCUT2D eigenvalue weighted by Crippen LogP contribution is 2.27. The van der Waals surface area contributed by atoms with Gasteiger partial charge in [-0.15, -0.1) is 13.2 Å². The first-order valence-electron chi connectivity index (χ1n) is 7.71. The Balaban J connectivity index is 1.94. The quantitative estimate of drug-likeness (QED) is 0.811. The van der Waals surface area contributed by atoms with Crippen molar-refractivity contribution in [2.75, 3.05) is 6.54 Å². The van der Waals surface area contributed by atoms with Gasteiger partial charge in [-0.2, -0.15) is 0 Å². The molecule has 0 heterocycles. The van der Waals surface area contributed by atoms with Gasteiger partial charge in [0, 0.05) is 6.54 Å². The van der Waals surface area contributed by atoms with Crippen molar-refractivity contribution in [2.45, 2.75) is 49.5 Å². The van der Waals surface area contributed by atoms with Crippen LogP contribution in [0.25, 0.3) is 0 Å². The van der Waals surface area contributed by atoms with Crippen LogP contribution in [0.4, 0.5) is 13.2 Å². The van der Waals surface area contributed by atoms with Crippen molar-refractivity contribution < 1.29 is 31.4 Å². The van der Waals surface area contributed by atoms with Gasteiger partial charge in [0.05, 0.1) is 11.0 Å². The molecule has 1 aromatic rings. The summed E-state index contributed by atoms with van der Waals surface area (Å²) in [4.78, 5) is -0.187. The van der Waals surface area contributed by atoms with Gasteiger partial charge in [-0.25, -0.2) is 13.1 Å². The number of alkyl halides is 3. The molecule has 1 aliphatic rings. The second kappa shape index (κ2) is 7.71. The Bertz CT molecular complexity index is 625. The lowest BCUT2D eigenvalue weighted by Crippen LogP contribution is -2.37. The SMILES string of the molecule is O=S(=O)(NC[C@H](O)C1CCCCC1)c1ccc(OC(F)(F)F)cc1. The molecule has 1 aromatic carbocycles. The summed E-state index contributed by atoms with van der Waals surface area (Å²) in [5, 5.41) is 10.1. The molecule has 9 heteroatoms. The summed E-state index contributed by atoms with van der Waals surface area (Å²) in [6.07, 6.45) is -0.694. The van der Waals surface area contributed by atoms with Crippen molar-refractivity contribution in [3.8, 4) is 5.75 Å². The highest BCUT2D eigenvalue weighted by molar-refractivity contribution is 7.89. The van der Waals surface area contributed by atoms with Crippen LogP contribution in [0.2, 0.25) is 0 Å². The van der Waals surface area contributed by atoms with E-state index in [1.807, 2.05) is 0 Å². The molecule has 1 saturated carbocycles. The number of sulfonamides is 1. The monoisotopic (exact) mass is 367 g/mol. The van der Waals surface area contributed by atoms with Crippen LogP contribution in [-0.2, 0) is 10.0 Å². The van der Waals surface area contributed by atoms with Gasteiger partial charge in [-0.05, 0) is 43.0 Å². The molecule has 0 spiro atoms. The lowest BCUT2D eigenvalue weighted by atomic mass is 9.85. The number of nitrogens with one attached hydrogen (secondary N) is 1. The second-order valence-electron chi connectivity index (χ2n) is 5.84. The molecule has 1 fully saturated rings. The van der Waals surface area contributed by atoms with Gasteiger partial charge in [0.25, 0.3) is 0 Å². The highest BCUT2D eigenvalue weighted by atomic mass is 32.2. The third-order valence-electron chi connectivity index (χ3n) is 4.04. The minimum absolute atomic E-state index is 0.0732. The number of aliphatic hydroxyl groups is 1. The maximum atomic E-state index is 12.1. The Labute approximate surface area is 138 Å². The van der Waals surface area contributed by atoms with Crippen molar-refractivity contribution >= 4 is 10.0 Å². The molecule has 0 unspecified atom stereocenters. The number of hydrogen-bond acceptors (Lipinski definition) is 4. The predicted molar refractivity (Wildman–Crippen MR) is 80.9 cm³/mol. The van der Waals surface area contributed by atoms with E-state index in [1.54, 1.807) is 0 Å². The molecule has 1 aliphatic carbocycles. The van der Waals surface area contributed by atoms with Crippen LogP contribution in [0.15, 0.2) is 29.2 Å². The molecular formula is C15H20F3NO4S. The summed E-state index contributed by atoms with van der Waals surface area (Å²) in [7, 11) is -3.90. The van der Waals surface area contributed by atoms with Gasteiger partial charge in [0.15, 0.2) is 0 Å². The molecule has 0 bridgehead atoms. The Morgan fingerprint density at radius 3 is 2.29 bits per heavy atom. The van der Waals surface area contributed by atoms with E-state index in [0.29, 0.717) is 0 Å². The average molecular weight is 367 g/mol. The third kappa shape index (κ3) is 5.64. The zero-order valence-corrected chi connectivity index (χ0v) is 13.7. The first-order chi connectivity index (χ1) is 11.2. The van der Waals surface area contributed by atoms with Crippen molar-refractivity contribution in [3.63, 3.8) is 0 Å². The van der Waals surface area contributed by atoms with Crippen LogP contribution in [0.1, 0.15) is 32.1 Å². The molecule has 0 amide bonds. The summed E-state index contributed by atoms with van der Waals surface area (Å²) >= 11 is 0. The first-order valence-corrected chi connectivity index (χ1v) is 9.19. The molecule has 0 aromatic heterocycles. The van der Waals surface area contributed by atoms with Crippen molar-refractivity contribution in [1.82, 2.24) is 4.72 Å². The number of hydrogen-bond donors (Lipinski definition) is 2. The van der Waals surface area contributed by atoms with E-state index in [1.165, 1.54) is 0 Å². The van der Waals surface area contributed by atoms with Crippen molar-refractivity contribution in [3.05, 3.63) is 24.3 Å². The van der Waals surface area contributed by atoms with Crippen LogP contribution in [-0.4, -0.2) is 32.5 Å². The molecule has 1 atom stereocenters. The number of rotatable bonds is 6. The van der Waals surface area contributed by atoms with Crippen LogP contribution in [0.3, 0.4) is 0 Å². The Morgan fingerprint density at radius 2 is 1.75 bits per heavy atom. The van der Waals surface area contributed by atoms with Gasteiger partial charge in [0.1, 0.15) is 5.75 Å². The molecule has 136 valence electrons. The molecular weight excluding hydrogens is 347 g/mol. The van der Waals surface area contributed by atoms with Gasteiger partial charge >= 0.3 is 6.36 Å². The van der Waals surface area contributed by atoms with E-state index >= 15 is 0 Å². The zero-order chi connectivity index (χ0) is 17.8. The van der Waals surface area contributed by atoms with E-state index in [0.717, 1.165) is 56.4 Å². The Hall–Kier alpha value is -1.32. The van der Waals surface area contributed by atoms with Crippen molar-refractivity contribution in [2.24, 2.45) is 5.92 Å².